The number of nitrogens with zero attached hydrogens (tertiary/aromatic N) is 2. The van der Waals surface area contributed by atoms with Gasteiger partial charge < -0.3 is 15.4 Å². The second-order valence-electron chi connectivity index (χ2n) is 6.91. The van der Waals surface area contributed by atoms with Crippen LogP contribution < -0.4 is 10.6 Å². The maximum atomic E-state index is 12.3. The molecule has 0 spiro atoms. The van der Waals surface area contributed by atoms with Gasteiger partial charge in [-0.15, -0.1) is 24.0 Å². The third-order valence-corrected chi connectivity index (χ3v) is 7.11. The lowest BCUT2D eigenvalue weighted by molar-refractivity contribution is 0.0177. The first kappa shape index (κ1) is 27.9. The van der Waals surface area contributed by atoms with Gasteiger partial charge in [0.15, 0.2) is 5.96 Å². The fraction of sp³-hybridized carbons (Fsp3) is 0.947. The molecule has 1 aliphatic rings. The maximum absolute atomic E-state index is 12.3. The number of sulfonamides is 1. The van der Waals surface area contributed by atoms with Gasteiger partial charge in [-0.25, -0.2) is 12.7 Å². The smallest absolute Gasteiger partial charge is 0.215 e. The zero-order valence-corrected chi connectivity index (χ0v) is 21.2. The number of halogens is 1. The first-order chi connectivity index (χ1) is 13.0. The largest absolute Gasteiger partial charge is 0.378 e. The Balaban J connectivity index is 0.00000729. The highest BCUT2D eigenvalue weighted by atomic mass is 127. The minimum Gasteiger partial charge on any atom is -0.378 e. The van der Waals surface area contributed by atoms with Crippen LogP contribution in [-0.2, 0) is 14.8 Å². The molecule has 1 rings (SSSR count). The lowest BCUT2D eigenvalue weighted by Crippen LogP contribution is -2.42. The van der Waals surface area contributed by atoms with Gasteiger partial charge in [0, 0.05) is 39.3 Å². The van der Waals surface area contributed by atoms with Gasteiger partial charge in [-0.05, 0) is 39.0 Å². The molecule has 1 aliphatic carbocycles. The third kappa shape index (κ3) is 10.1. The number of hydrogen-bond donors (Lipinski definition) is 2. The Morgan fingerprint density at radius 1 is 1.14 bits per heavy atom. The van der Waals surface area contributed by atoms with E-state index in [4.69, 9.17) is 4.74 Å². The average molecular weight is 533 g/mol. The summed E-state index contributed by atoms with van der Waals surface area (Å²) in [6.45, 7) is 11.3. The Hall–Kier alpha value is -0.130. The van der Waals surface area contributed by atoms with Gasteiger partial charge in [0.05, 0.1) is 11.9 Å². The molecule has 1 fully saturated rings. The molecule has 2 N–H and O–H groups in total. The Kier molecular flexibility index (Phi) is 15.6. The molecule has 168 valence electrons. The van der Waals surface area contributed by atoms with Gasteiger partial charge in [-0.3, -0.25) is 4.99 Å². The Morgan fingerprint density at radius 2 is 1.79 bits per heavy atom. The van der Waals surface area contributed by atoms with Crippen molar-refractivity contribution in [3.63, 3.8) is 0 Å². The van der Waals surface area contributed by atoms with Crippen LogP contribution in [0.25, 0.3) is 0 Å². The second kappa shape index (κ2) is 15.7. The monoisotopic (exact) mass is 532 g/mol. The lowest BCUT2D eigenvalue weighted by atomic mass is 9.98. The predicted molar refractivity (Wildman–Crippen MR) is 128 cm³/mol. The first-order valence-electron chi connectivity index (χ1n) is 10.6. The van der Waals surface area contributed by atoms with Crippen LogP contribution in [0.5, 0.6) is 0 Å². The van der Waals surface area contributed by atoms with E-state index in [-0.39, 0.29) is 35.8 Å². The van der Waals surface area contributed by atoms with Gasteiger partial charge in [-0.1, -0.05) is 26.7 Å². The molecule has 1 saturated carbocycles. The van der Waals surface area contributed by atoms with Gasteiger partial charge in [0.2, 0.25) is 10.0 Å². The summed E-state index contributed by atoms with van der Waals surface area (Å²) >= 11 is 0. The molecule has 0 aliphatic heterocycles. The fourth-order valence-corrected chi connectivity index (χ4v) is 5.09. The van der Waals surface area contributed by atoms with E-state index in [1.807, 2.05) is 27.7 Å². The number of ether oxygens (including phenoxy) is 1. The Morgan fingerprint density at radius 3 is 2.32 bits per heavy atom. The number of nitrogens with one attached hydrogen (secondary N) is 2. The summed E-state index contributed by atoms with van der Waals surface area (Å²) in [6, 6.07) is 0. The van der Waals surface area contributed by atoms with E-state index < -0.39 is 10.0 Å². The van der Waals surface area contributed by atoms with Crippen molar-refractivity contribution in [3.8, 4) is 0 Å². The van der Waals surface area contributed by atoms with Gasteiger partial charge in [0.25, 0.3) is 0 Å². The van der Waals surface area contributed by atoms with Crippen molar-refractivity contribution in [2.75, 3.05) is 45.1 Å². The summed E-state index contributed by atoms with van der Waals surface area (Å²) in [4.78, 5) is 4.62. The molecule has 0 aromatic rings. The second-order valence-corrected chi connectivity index (χ2v) is 9.00. The van der Waals surface area contributed by atoms with E-state index in [1.165, 1.54) is 30.0 Å². The van der Waals surface area contributed by atoms with Crippen LogP contribution >= 0.6 is 24.0 Å². The Labute approximate surface area is 189 Å². The molecule has 0 aromatic heterocycles. The highest BCUT2D eigenvalue weighted by molar-refractivity contribution is 14.0. The normalized spacial score (nSPS) is 16.8. The zero-order chi connectivity index (χ0) is 20.1. The zero-order valence-electron chi connectivity index (χ0n) is 18.1. The van der Waals surface area contributed by atoms with Crippen LogP contribution in [-0.4, -0.2) is 69.9 Å². The van der Waals surface area contributed by atoms with E-state index in [0.29, 0.717) is 38.1 Å². The van der Waals surface area contributed by atoms with Crippen LogP contribution in [0, 0.1) is 5.92 Å². The van der Waals surface area contributed by atoms with Crippen LogP contribution in [0.4, 0.5) is 0 Å². The van der Waals surface area contributed by atoms with Crippen molar-refractivity contribution in [1.82, 2.24) is 14.9 Å². The van der Waals surface area contributed by atoms with Crippen molar-refractivity contribution in [3.05, 3.63) is 0 Å². The van der Waals surface area contributed by atoms with Crippen molar-refractivity contribution in [1.29, 1.82) is 0 Å². The molecule has 0 saturated heterocycles. The van der Waals surface area contributed by atoms with Crippen LogP contribution in [0.3, 0.4) is 0 Å². The van der Waals surface area contributed by atoms with E-state index in [9.17, 15) is 8.42 Å². The summed E-state index contributed by atoms with van der Waals surface area (Å²) in [5, 5.41) is 6.34. The summed E-state index contributed by atoms with van der Waals surface area (Å²) in [6.07, 6.45) is 6.33. The fourth-order valence-electron chi connectivity index (χ4n) is 3.69. The van der Waals surface area contributed by atoms with Crippen molar-refractivity contribution in [2.45, 2.75) is 65.9 Å². The molecule has 0 bridgehead atoms. The number of rotatable bonds is 13. The maximum Gasteiger partial charge on any atom is 0.215 e. The first-order valence-corrected chi connectivity index (χ1v) is 12.2. The summed E-state index contributed by atoms with van der Waals surface area (Å²) in [7, 11) is -3.22. The third-order valence-electron chi connectivity index (χ3n) is 5.09. The number of aliphatic imine (C=N–C) groups is 1. The lowest BCUT2D eigenvalue weighted by Gasteiger charge is -2.23. The van der Waals surface area contributed by atoms with Crippen LogP contribution in [0.1, 0.15) is 59.8 Å². The highest BCUT2D eigenvalue weighted by Gasteiger charge is 2.25. The van der Waals surface area contributed by atoms with E-state index in [0.717, 1.165) is 19.6 Å². The molecular weight excluding hydrogens is 491 g/mol. The molecule has 9 heteroatoms. The standard InChI is InChI=1S/C19H40N4O3S.HI/c1-5-20-19(22-15-16-27(24,25)23(6-2)7-3)21-14-13-18(26-8-4)17-11-9-10-12-17;/h17-18H,5-16H2,1-4H3,(H2,20,21,22);1H. The number of guanidine groups is 1. The molecule has 1 atom stereocenters. The van der Waals surface area contributed by atoms with Crippen LogP contribution in [0.2, 0.25) is 0 Å². The topological polar surface area (TPSA) is 83.0 Å². The SMILES string of the molecule is CCNC(=NCCC(OCC)C1CCCC1)NCCS(=O)(=O)N(CC)CC.I. The van der Waals surface area contributed by atoms with E-state index >= 15 is 0 Å². The molecule has 0 aromatic carbocycles. The molecular formula is C19H41IN4O3S. The van der Waals surface area contributed by atoms with Gasteiger partial charge >= 0.3 is 0 Å². The van der Waals surface area contributed by atoms with E-state index in [2.05, 4.69) is 15.6 Å². The van der Waals surface area contributed by atoms with E-state index in [1.54, 1.807) is 0 Å². The van der Waals surface area contributed by atoms with Crippen molar-refractivity contribution < 1.29 is 13.2 Å². The summed E-state index contributed by atoms with van der Waals surface area (Å²) < 4.78 is 32.0. The molecule has 1 unspecified atom stereocenters. The average Bonchev–Trinajstić information content (AvgIpc) is 3.16. The molecule has 0 amide bonds. The molecule has 28 heavy (non-hydrogen) atoms. The van der Waals surface area contributed by atoms with Crippen molar-refractivity contribution in [2.24, 2.45) is 10.9 Å². The molecule has 0 heterocycles. The highest BCUT2D eigenvalue weighted by Crippen LogP contribution is 2.30. The quantitative estimate of drug-likeness (QED) is 0.217. The van der Waals surface area contributed by atoms with Crippen LogP contribution in [0.15, 0.2) is 4.99 Å². The number of hydrogen-bond acceptors (Lipinski definition) is 4. The minimum absolute atomic E-state index is 0. The van der Waals surface area contributed by atoms with Gasteiger partial charge in [0.1, 0.15) is 0 Å². The Bertz CT molecular complexity index is 521. The molecule has 7 nitrogen and oxygen atoms in total. The summed E-state index contributed by atoms with van der Waals surface area (Å²) in [5.41, 5.74) is 0. The molecule has 0 radical (unpaired) electrons. The predicted octanol–water partition coefficient (Wildman–Crippen LogP) is 2.82. The minimum atomic E-state index is -3.22. The van der Waals surface area contributed by atoms with Crippen molar-refractivity contribution >= 4 is 40.0 Å². The van der Waals surface area contributed by atoms with Gasteiger partial charge in [-0.2, -0.15) is 0 Å². The summed E-state index contributed by atoms with van der Waals surface area (Å²) in [5.74, 6) is 1.41.